The Balaban J connectivity index is 1.89. The predicted octanol–water partition coefficient (Wildman–Crippen LogP) is 3.82. The number of esters is 2. The molecule has 222 valence electrons. The van der Waals surface area contributed by atoms with E-state index in [0.717, 1.165) is 12.1 Å². The number of carbonyl (C=O) groups excluding carboxylic acids is 2. The lowest BCUT2D eigenvalue weighted by molar-refractivity contribution is -0.387. The summed E-state index contributed by atoms with van der Waals surface area (Å²) in [7, 11) is 1.56. The molecule has 0 amide bonds. The molecule has 2 aromatic carbocycles. The summed E-state index contributed by atoms with van der Waals surface area (Å²) < 4.78 is 41.7. The average Bonchev–Trinajstić information content (AvgIpc) is 3.41. The molecule has 0 bridgehead atoms. The molecular weight excluding hydrogens is 590 g/mol. The number of carbonyl (C=O) groups is 2. The van der Waals surface area contributed by atoms with Gasteiger partial charge in [0.1, 0.15) is 5.69 Å². The molecule has 0 radical (unpaired) electrons. The fourth-order valence-electron chi connectivity index (χ4n) is 4.98. The van der Waals surface area contributed by atoms with Gasteiger partial charge in [0.15, 0.2) is 4.90 Å². The zero-order chi connectivity index (χ0) is 30.9. The van der Waals surface area contributed by atoms with Gasteiger partial charge in [0.05, 0.1) is 41.9 Å². The first-order chi connectivity index (χ1) is 19.8. The number of rotatable bonds is 10. The molecule has 0 unspecified atom stereocenters. The molecule has 0 aliphatic carbocycles. The molecule has 0 aliphatic heterocycles. The molecule has 0 aliphatic rings. The Labute approximate surface area is 246 Å². The molecule has 13 nitrogen and oxygen atoms in total. The molecule has 0 saturated heterocycles. The van der Waals surface area contributed by atoms with Crippen LogP contribution in [0.4, 0.5) is 5.69 Å². The maximum absolute atomic E-state index is 13.1. The summed E-state index contributed by atoms with van der Waals surface area (Å²) >= 11 is 6.78. The summed E-state index contributed by atoms with van der Waals surface area (Å²) in [4.78, 5) is 35.1. The third kappa shape index (κ3) is 5.47. The van der Waals surface area contributed by atoms with Gasteiger partial charge in [0.2, 0.25) is 10.0 Å². The zero-order valence-electron chi connectivity index (χ0n) is 23.4. The molecule has 2 aromatic heterocycles. The average molecular weight is 618 g/mol. The van der Waals surface area contributed by atoms with Gasteiger partial charge in [-0.25, -0.2) is 17.9 Å². The Hall–Kier alpha value is -4.27. The van der Waals surface area contributed by atoms with Gasteiger partial charge in [-0.1, -0.05) is 29.8 Å². The number of fused-ring (bicyclic) bond motifs is 1. The van der Waals surface area contributed by atoms with E-state index in [1.807, 2.05) is 0 Å². The van der Waals surface area contributed by atoms with Crippen molar-refractivity contribution in [2.45, 2.75) is 31.2 Å². The minimum absolute atomic E-state index is 0.0160. The van der Waals surface area contributed by atoms with E-state index in [9.17, 15) is 28.1 Å². The quantitative estimate of drug-likeness (QED) is 0.158. The minimum Gasteiger partial charge on any atom is -0.469 e. The lowest BCUT2D eigenvalue weighted by Crippen LogP contribution is -2.24. The van der Waals surface area contributed by atoms with Gasteiger partial charge in [0, 0.05) is 48.8 Å². The molecule has 4 rings (SSSR count). The van der Waals surface area contributed by atoms with Crippen LogP contribution >= 0.6 is 11.6 Å². The Kier molecular flexibility index (Phi) is 8.71. The van der Waals surface area contributed by atoms with Crippen molar-refractivity contribution in [3.63, 3.8) is 0 Å². The van der Waals surface area contributed by atoms with Crippen molar-refractivity contribution in [1.82, 2.24) is 19.1 Å². The fourth-order valence-corrected chi connectivity index (χ4v) is 6.38. The van der Waals surface area contributed by atoms with Gasteiger partial charge in [-0.15, -0.1) is 0 Å². The number of hydrogen-bond donors (Lipinski definition) is 1. The van der Waals surface area contributed by atoms with Gasteiger partial charge in [-0.05, 0) is 31.0 Å². The van der Waals surface area contributed by atoms with E-state index >= 15 is 0 Å². The topological polar surface area (TPSA) is 165 Å². The number of methoxy groups -OCH3 is 2. The zero-order valence-corrected chi connectivity index (χ0v) is 25.0. The van der Waals surface area contributed by atoms with Crippen molar-refractivity contribution in [2.24, 2.45) is 14.1 Å². The van der Waals surface area contributed by atoms with E-state index in [1.54, 1.807) is 42.4 Å². The summed E-state index contributed by atoms with van der Waals surface area (Å²) in [5.74, 6) is -1.07. The number of para-hydroxylation sites is 1. The lowest BCUT2D eigenvalue weighted by atomic mass is 9.98. The van der Waals surface area contributed by atoms with Crippen molar-refractivity contribution in [1.29, 1.82) is 0 Å². The number of nitrogens with zero attached hydrogens (tertiary/aromatic N) is 4. The summed E-state index contributed by atoms with van der Waals surface area (Å²) in [6.07, 6.45) is 0.201. The first kappa shape index (κ1) is 30.7. The number of nitro benzene ring substituents is 1. The van der Waals surface area contributed by atoms with Gasteiger partial charge in [0.25, 0.3) is 5.69 Å². The Morgan fingerprint density at radius 3 is 2.43 bits per heavy atom. The highest BCUT2D eigenvalue weighted by molar-refractivity contribution is 7.89. The largest absolute Gasteiger partial charge is 0.469 e. The van der Waals surface area contributed by atoms with Crippen LogP contribution in [0.15, 0.2) is 41.3 Å². The van der Waals surface area contributed by atoms with Crippen LogP contribution in [0.2, 0.25) is 5.02 Å². The first-order valence-electron chi connectivity index (χ1n) is 12.5. The third-order valence-corrected chi connectivity index (χ3v) is 8.80. The smallest absolute Gasteiger partial charge is 0.354 e. The maximum atomic E-state index is 13.1. The van der Waals surface area contributed by atoms with Gasteiger partial charge in [-0.2, -0.15) is 5.10 Å². The van der Waals surface area contributed by atoms with E-state index in [4.69, 9.17) is 21.1 Å². The summed E-state index contributed by atoms with van der Waals surface area (Å²) in [6, 6.07) is 8.42. The normalized spacial score (nSPS) is 11.6. The van der Waals surface area contributed by atoms with Gasteiger partial charge >= 0.3 is 11.9 Å². The summed E-state index contributed by atoms with van der Waals surface area (Å²) in [6.45, 7) is 1.46. The molecule has 0 atom stereocenters. The highest BCUT2D eigenvalue weighted by atomic mass is 35.5. The number of benzene rings is 2. The van der Waals surface area contributed by atoms with Crippen molar-refractivity contribution < 1.29 is 32.4 Å². The number of sulfonamides is 1. The van der Waals surface area contributed by atoms with Crippen LogP contribution in [0, 0.1) is 17.0 Å². The van der Waals surface area contributed by atoms with Crippen molar-refractivity contribution in [2.75, 3.05) is 14.2 Å². The van der Waals surface area contributed by atoms with Crippen LogP contribution in [0.25, 0.3) is 22.0 Å². The monoisotopic (exact) mass is 617 g/mol. The Morgan fingerprint density at radius 2 is 1.79 bits per heavy atom. The van der Waals surface area contributed by atoms with E-state index in [1.165, 1.54) is 26.4 Å². The number of halogens is 1. The lowest BCUT2D eigenvalue weighted by Gasteiger charge is -2.12. The van der Waals surface area contributed by atoms with E-state index in [2.05, 4.69) is 9.82 Å². The van der Waals surface area contributed by atoms with Crippen LogP contribution in [0.5, 0.6) is 0 Å². The molecule has 0 saturated carbocycles. The van der Waals surface area contributed by atoms with Crippen molar-refractivity contribution in [3.05, 3.63) is 74.2 Å². The number of aromatic nitrogens is 3. The number of hydrogen-bond acceptors (Lipinski definition) is 9. The molecular formula is C27H28ClN5O8S. The first-order valence-corrected chi connectivity index (χ1v) is 14.4. The SMILES string of the molecule is COC(=O)CCc1c(C(=O)OC)n(C)c2c(-c3c(CNS(=O)(=O)c4ccccc4[N+](=O)[O-])nn(C)c3C)c(Cl)ccc12. The summed E-state index contributed by atoms with van der Waals surface area (Å²) in [5, 5.41) is 16.9. The second kappa shape index (κ2) is 11.9. The molecule has 0 spiro atoms. The number of nitrogens with one attached hydrogen (secondary N) is 1. The van der Waals surface area contributed by atoms with E-state index in [-0.39, 0.29) is 25.1 Å². The van der Waals surface area contributed by atoms with Gasteiger partial charge in [-0.3, -0.25) is 19.6 Å². The predicted molar refractivity (Wildman–Crippen MR) is 154 cm³/mol. The number of aryl methyl sites for hydroxylation is 3. The summed E-state index contributed by atoms with van der Waals surface area (Å²) in [5.41, 5.74) is 2.69. The van der Waals surface area contributed by atoms with E-state index in [0.29, 0.717) is 44.0 Å². The maximum Gasteiger partial charge on any atom is 0.354 e. The van der Waals surface area contributed by atoms with Crippen LogP contribution in [-0.2, 0) is 51.4 Å². The fraction of sp³-hybridized carbons (Fsp3) is 0.296. The molecule has 1 N–H and O–H groups in total. The Bertz CT molecular complexity index is 1840. The van der Waals surface area contributed by atoms with Crippen LogP contribution in [-0.4, -0.2) is 53.8 Å². The van der Waals surface area contributed by atoms with Crippen molar-refractivity contribution >= 4 is 50.2 Å². The van der Waals surface area contributed by atoms with Gasteiger partial charge < -0.3 is 14.0 Å². The highest BCUT2D eigenvalue weighted by Gasteiger charge is 2.30. The minimum atomic E-state index is -4.32. The molecule has 2 heterocycles. The second-order valence-corrected chi connectivity index (χ2v) is 11.5. The Morgan fingerprint density at radius 1 is 1.10 bits per heavy atom. The number of nitro groups is 1. The second-order valence-electron chi connectivity index (χ2n) is 9.35. The number of ether oxygens (including phenoxy) is 2. The van der Waals surface area contributed by atoms with Crippen LogP contribution < -0.4 is 4.72 Å². The molecule has 15 heteroatoms. The molecule has 0 fully saturated rings. The van der Waals surface area contributed by atoms with Crippen LogP contribution in [0.3, 0.4) is 0 Å². The molecule has 42 heavy (non-hydrogen) atoms. The van der Waals surface area contributed by atoms with Crippen molar-refractivity contribution in [3.8, 4) is 11.1 Å². The third-order valence-electron chi connectivity index (χ3n) is 7.03. The van der Waals surface area contributed by atoms with E-state index < -0.39 is 37.5 Å². The highest BCUT2D eigenvalue weighted by Crippen LogP contribution is 2.42. The molecule has 4 aromatic rings. The standard InChI is InChI=1S/C27H28ClN5O8S/c1-15-23(19(30-32(15)3)14-29-42(38,39)21-9-7-6-8-20(21)33(36)37)24-18(28)12-10-16-17(11-13-22(34)40-4)26(27(35)41-5)31(2)25(16)24/h6-10,12,29H,11,13-14H2,1-5H3. The van der Waals surface area contributed by atoms with Crippen LogP contribution in [0.1, 0.15) is 33.9 Å².